The molecule has 0 atom stereocenters. The summed E-state index contributed by atoms with van der Waals surface area (Å²) in [5, 5.41) is 11.9. The molecule has 0 aromatic carbocycles. The van der Waals surface area contributed by atoms with Gasteiger partial charge in [-0.3, -0.25) is 0 Å². The molecule has 2 N–H and O–H groups in total. The highest BCUT2D eigenvalue weighted by atomic mass is 16.3. The first-order valence-corrected chi connectivity index (χ1v) is 6.44. The molecule has 18 heavy (non-hydrogen) atoms. The highest BCUT2D eigenvalue weighted by molar-refractivity contribution is 5.48. The van der Waals surface area contributed by atoms with Crippen molar-refractivity contribution >= 4 is 11.6 Å². The molecule has 1 aromatic rings. The van der Waals surface area contributed by atoms with Crippen molar-refractivity contribution < 1.29 is 5.11 Å². The standard InChI is InChI=1S/C13H24N4O/c1-10(2)5-7-17(4)13-9-12(14-6-8-18)15-11(3)16-13/h9-10,18H,5-8H2,1-4H3,(H,14,15,16). The van der Waals surface area contributed by atoms with Crippen molar-refractivity contribution in [2.45, 2.75) is 27.2 Å². The number of hydrogen-bond donors (Lipinski definition) is 2. The summed E-state index contributed by atoms with van der Waals surface area (Å²) in [7, 11) is 2.04. The maximum Gasteiger partial charge on any atom is 0.134 e. The van der Waals surface area contributed by atoms with Gasteiger partial charge in [0.1, 0.15) is 17.5 Å². The van der Waals surface area contributed by atoms with E-state index in [0.717, 1.165) is 30.4 Å². The monoisotopic (exact) mass is 252 g/mol. The minimum atomic E-state index is 0.0988. The number of nitrogens with zero attached hydrogens (tertiary/aromatic N) is 3. The first-order chi connectivity index (χ1) is 8.52. The fourth-order valence-electron chi connectivity index (χ4n) is 1.59. The third-order valence-electron chi connectivity index (χ3n) is 2.68. The number of aromatic nitrogens is 2. The van der Waals surface area contributed by atoms with Crippen LogP contribution in [-0.4, -0.2) is 41.8 Å². The maximum atomic E-state index is 8.80. The zero-order chi connectivity index (χ0) is 13.5. The quantitative estimate of drug-likeness (QED) is 0.773. The van der Waals surface area contributed by atoms with Crippen molar-refractivity contribution in [2.24, 2.45) is 5.92 Å². The van der Waals surface area contributed by atoms with Gasteiger partial charge in [-0.05, 0) is 19.3 Å². The molecule has 0 unspecified atom stereocenters. The highest BCUT2D eigenvalue weighted by Crippen LogP contribution is 2.15. The molecule has 0 amide bonds. The van der Waals surface area contributed by atoms with E-state index in [2.05, 4.69) is 34.0 Å². The summed E-state index contributed by atoms with van der Waals surface area (Å²) >= 11 is 0. The van der Waals surface area contributed by atoms with Gasteiger partial charge in [-0.2, -0.15) is 0 Å². The number of anilines is 2. The fraction of sp³-hybridized carbons (Fsp3) is 0.692. The SMILES string of the molecule is Cc1nc(NCCO)cc(N(C)CCC(C)C)n1. The molecule has 1 aromatic heterocycles. The molecule has 5 nitrogen and oxygen atoms in total. The fourth-order valence-corrected chi connectivity index (χ4v) is 1.59. The zero-order valence-electron chi connectivity index (χ0n) is 11.8. The molecule has 0 bridgehead atoms. The van der Waals surface area contributed by atoms with Gasteiger partial charge in [-0.1, -0.05) is 13.8 Å². The van der Waals surface area contributed by atoms with Crippen molar-refractivity contribution in [1.82, 2.24) is 9.97 Å². The lowest BCUT2D eigenvalue weighted by atomic mass is 10.1. The summed E-state index contributed by atoms with van der Waals surface area (Å²) in [6.07, 6.45) is 1.14. The minimum Gasteiger partial charge on any atom is -0.395 e. The second-order valence-corrected chi connectivity index (χ2v) is 4.91. The maximum absolute atomic E-state index is 8.80. The number of hydrogen-bond acceptors (Lipinski definition) is 5. The summed E-state index contributed by atoms with van der Waals surface area (Å²) in [5.74, 6) is 3.11. The van der Waals surface area contributed by atoms with Crippen molar-refractivity contribution in [3.63, 3.8) is 0 Å². The normalized spacial score (nSPS) is 10.8. The molecule has 0 saturated heterocycles. The zero-order valence-corrected chi connectivity index (χ0v) is 11.8. The van der Waals surface area contributed by atoms with Gasteiger partial charge in [0, 0.05) is 26.2 Å². The molecule has 0 fully saturated rings. The molecular weight excluding hydrogens is 228 g/mol. The van der Waals surface area contributed by atoms with Gasteiger partial charge < -0.3 is 15.3 Å². The van der Waals surface area contributed by atoms with Gasteiger partial charge in [-0.15, -0.1) is 0 Å². The predicted octanol–water partition coefficient (Wildman–Crippen LogP) is 1.67. The highest BCUT2D eigenvalue weighted by Gasteiger charge is 2.07. The van der Waals surface area contributed by atoms with Gasteiger partial charge in [0.15, 0.2) is 0 Å². The van der Waals surface area contributed by atoms with E-state index >= 15 is 0 Å². The van der Waals surface area contributed by atoms with Crippen molar-refractivity contribution in [1.29, 1.82) is 0 Å². The summed E-state index contributed by atoms with van der Waals surface area (Å²) < 4.78 is 0. The van der Waals surface area contributed by atoms with Crippen LogP contribution in [0.5, 0.6) is 0 Å². The number of nitrogens with one attached hydrogen (secondary N) is 1. The van der Waals surface area contributed by atoms with Crippen LogP contribution >= 0.6 is 0 Å². The molecule has 0 aliphatic rings. The molecule has 0 radical (unpaired) electrons. The minimum absolute atomic E-state index is 0.0988. The van der Waals surface area contributed by atoms with Gasteiger partial charge in [0.2, 0.25) is 0 Å². The number of aliphatic hydroxyl groups is 1. The third kappa shape index (κ3) is 4.87. The van der Waals surface area contributed by atoms with Crippen molar-refractivity contribution in [3.8, 4) is 0 Å². The van der Waals surface area contributed by atoms with Crippen LogP contribution in [0.3, 0.4) is 0 Å². The van der Waals surface area contributed by atoms with Gasteiger partial charge in [-0.25, -0.2) is 9.97 Å². The lowest BCUT2D eigenvalue weighted by Gasteiger charge is -2.20. The van der Waals surface area contributed by atoms with Gasteiger partial charge in [0.05, 0.1) is 6.61 Å². The molecule has 0 aliphatic heterocycles. The smallest absolute Gasteiger partial charge is 0.134 e. The predicted molar refractivity (Wildman–Crippen MR) is 75.1 cm³/mol. The van der Waals surface area contributed by atoms with E-state index in [-0.39, 0.29) is 6.61 Å². The average Bonchev–Trinajstić information content (AvgIpc) is 2.32. The Kier molecular flexibility index (Phi) is 5.85. The summed E-state index contributed by atoms with van der Waals surface area (Å²) in [6, 6.07) is 1.92. The van der Waals surface area contributed by atoms with Crippen LogP contribution in [0, 0.1) is 12.8 Å². The Balaban J connectivity index is 2.71. The van der Waals surface area contributed by atoms with Crippen LogP contribution in [0.2, 0.25) is 0 Å². The topological polar surface area (TPSA) is 61.3 Å². The first-order valence-electron chi connectivity index (χ1n) is 6.44. The van der Waals surface area contributed by atoms with E-state index in [9.17, 15) is 0 Å². The van der Waals surface area contributed by atoms with Crippen LogP contribution in [-0.2, 0) is 0 Å². The molecule has 0 saturated carbocycles. The van der Waals surface area contributed by atoms with E-state index in [1.165, 1.54) is 0 Å². The average molecular weight is 252 g/mol. The Morgan fingerprint density at radius 2 is 2.11 bits per heavy atom. The van der Waals surface area contributed by atoms with E-state index in [4.69, 9.17) is 5.11 Å². The van der Waals surface area contributed by atoms with E-state index in [1.54, 1.807) is 0 Å². The second kappa shape index (κ2) is 7.16. The number of aliphatic hydroxyl groups excluding tert-OH is 1. The summed E-state index contributed by atoms with van der Waals surface area (Å²) in [5.41, 5.74) is 0. The first kappa shape index (κ1) is 14.7. The summed E-state index contributed by atoms with van der Waals surface area (Å²) in [6.45, 7) is 7.89. The van der Waals surface area contributed by atoms with Crippen LogP contribution in [0.4, 0.5) is 11.6 Å². The molecular formula is C13H24N4O. The van der Waals surface area contributed by atoms with E-state index < -0.39 is 0 Å². The summed E-state index contributed by atoms with van der Waals surface area (Å²) in [4.78, 5) is 10.9. The molecule has 0 aliphatic carbocycles. The van der Waals surface area contributed by atoms with E-state index in [0.29, 0.717) is 12.5 Å². The molecule has 1 rings (SSSR count). The molecule has 1 heterocycles. The third-order valence-corrected chi connectivity index (χ3v) is 2.68. The van der Waals surface area contributed by atoms with E-state index in [1.807, 2.05) is 20.0 Å². The lowest BCUT2D eigenvalue weighted by molar-refractivity contribution is 0.311. The van der Waals surface area contributed by atoms with Crippen LogP contribution in [0.15, 0.2) is 6.07 Å². The Morgan fingerprint density at radius 3 is 2.72 bits per heavy atom. The lowest BCUT2D eigenvalue weighted by Crippen LogP contribution is -2.22. The van der Waals surface area contributed by atoms with Crippen LogP contribution < -0.4 is 10.2 Å². The van der Waals surface area contributed by atoms with Crippen LogP contribution in [0.1, 0.15) is 26.1 Å². The molecule has 5 heteroatoms. The number of rotatable bonds is 7. The van der Waals surface area contributed by atoms with Gasteiger partial charge >= 0.3 is 0 Å². The number of aryl methyl sites for hydroxylation is 1. The Bertz CT molecular complexity index is 368. The second-order valence-electron chi connectivity index (χ2n) is 4.91. The Hall–Kier alpha value is -1.36. The molecule has 102 valence electrons. The largest absolute Gasteiger partial charge is 0.395 e. The van der Waals surface area contributed by atoms with Crippen LogP contribution in [0.25, 0.3) is 0 Å². The van der Waals surface area contributed by atoms with Crippen molar-refractivity contribution in [2.75, 3.05) is 37.0 Å². The van der Waals surface area contributed by atoms with Crippen molar-refractivity contribution in [3.05, 3.63) is 11.9 Å². The Labute approximate surface area is 109 Å². The molecule has 0 spiro atoms. The van der Waals surface area contributed by atoms with Gasteiger partial charge in [0.25, 0.3) is 0 Å². The Morgan fingerprint density at radius 1 is 1.39 bits per heavy atom.